The van der Waals surface area contributed by atoms with Crippen LogP contribution in [0.5, 0.6) is 0 Å². The van der Waals surface area contributed by atoms with Crippen LogP contribution in [0.4, 0.5) is 0 Å². The Hall–Kier alpha value is -1.89. The third-order valence-electron chi connectivity index (χ3n) is 5.38. The van der Waals surface area contributed by atoms with Crippen molar-refractivity contribution >= 4 is 18.2 Å². The Morgan fingerprint density at radius 2 is 2.18 bits per heavy atom. The molecule has 7 nitrogen and oxygen atoms in total. The number of hydrogen-bond acceptors (Lipinski definition) is 4. The van der Waals surface area contributed by atoms with Gasteiger partial charge in [-0.15, -0.1) is 0 Å². The number of aliphatic hydroxyl groups is 1. The van der Waals surface area contributed by atoms with Gasteiger partial charge in [-0.2, -0.15) is 0 Å². The third kappa shape index (κ3) is 1.88. The molecule has 3 heterocycles. The number of aliphatic hydroxyl groups excluding tert-OH is 1. The van der Waals surface area contributed by atoms with Crippen LogP contribution in [0.15, 0.2) is 11.3 Å². The van der Waals surface area contributed by atoms with E-state index in [2.05, 4.69) is 0 Å². The zero-order valence-electron chi connectivity index (χ0n) is 12.7. The number of amides is 1. The Kier molecular flexibility index (Phi) is 3.47. The van der Waals surface area contributed by atoms with Gasteiger partial charge < -0.3 is 20.0 Å². The van der Waals surface area contributed by atoms with E-state index in [4.69, 9.17) is 5.41 Å². The van der Waals surface area contributed by atoms with Gasteiger partial charge >= 0.3 is 5.97 Å². The SMILES string of the molecule is CC1C(C2=C(C(=O)O)N3C(=O)[C@H]([C@@H](C)O)[C@H]3C2)CCN1C=N. The number of β-lactam (4-membered cyclic amide) rings is 1. The predicted octanol–water partition coefficient (Wildman–Crippen LogP) is 0.254. The fourth-order valence-electron chi connectivity index (χ4n) is 4.24. The van der Waals surface area contributed by atoms with E-state index < -0.39 is 18.0 Å². The Balaban J connectivity index is 1.93. The van der Waals surface area contributed by atoms with E-state index in [-0.39, 0.29) is 29.6 Å². The fraction of sp³-hybridized carbons (Fsp3) is 0.667. The highest BCUT2D eigenvalue weighted by Gasteiger charge is 2.58. The highest BCUT2D eigenvalue weighted by atomic mass is 16.4. The lowest BCUT2D eigenvalue weighted by Crippen LogP contribution is -2.61. The number of likely N-dealkylation sites (tertiary alicyclic amines) is 1. The van der Waals surface area contributed by atoms with Crippen LogP contribution in [-0.4, -0.2) is 63.0 Å². The average Bonchev–Trinajstić information content (AvgIpc) is 2.96. The average molecular weight is 307 g/mol. The number of nitrogens with one attached hydrogen (secondary N) is 1. The zero-order chi connectivity index (χ0) is 16.2. The molecule has 5 atom stereocenters. The maximum atomic E-state index is 12.2. The summed E-state index contributed by atoms with van der Waals surface area (Å²) >= 11 is 0. The molecule has 3 rings (SSSR count). The van der Waals surface area contributed by atoms with Crippen LogP contribution >= 0.6 is 0 Å². The van der Waals surface area contributed by atoms with Crippen molar-refractivity contribution < 1.29 is 19.8 Å². The van der Waals surface area contributed by atoms with Crippen molar-refractivity contribution in [2.45, 2.75) is 44.9 Å². The summed E-state index contributed by atoms with van der Waals surface area (Å²) in [6.07, 6.45) is 1.84. The molecule has 22 heavy (non-hydrogen) atoms. The summed E-state index contributed by atoms with van der Waals surface area (Å²) in [5, 5.41) is 26.7. The third-order valence-corrected chi connectivity index (χ3v) is 5.38. The molecule has 3 aliphatic rings. The predicted molar refractivity (Wildman–Crippen MR) is 78.1 cm³/mol. The van der Waals surface area contributed by atoms with Crippen LogP contribution in [0.25, 0.3) is 0 Å². The van der Waals surface area contributed by atoms with Gasteiger partial charge in [-0.3, -0.25) is 10.2 Å². The van der Waals surface area contributed by atoms with Crippen LogP contribution in [0, 0.1) is 17.2 Å². The van der Waals surface area contributed by atoms with Gasteiger partial charge in [0, 0.05) is 18.5 Å². The number of carboxylic acid groups (broad SMARTS) is 1. The smallest absolute Gasteiger partial charge is 0.352 e. The second kappa shape index (κ2) is 5.08. The molecule has 0 aromatic heterocycles. The maximum Gasteiger partial charge on any atom is 0.352 e. The van der Waals surface area contributed by atoms with Crippen molar-refractivity contribution in [2.24, 2.45) is 11.8 Å². The lowest BCUT2D eigenvalue weighted by atomic mass is 9.81. The second-order valence-corrected chi connectivity index (χ2v) is 6.43. The first-order chi connectivity index (χ1) is 10.4. The molecule has 0 saturated carbocycles. The van der Waals surface area contributed by atoms with Gasteiger partial charge in [-0.05, 0) is 32.3 Å². The van der Waals surface area contributed by atoms with Gasteiger partial charge in [0.05, 0.1) is 24.4 Å². The molecular weight excluding hydrogens is 286 g/mol. The number of fused-ring (bicyclic) bond motifs is 1. The van der Waals surface area contributed by atoms with Crippen molar-refractivity contribution in [3.63, 3.8) is 0 Å². The molecule has 0 aromatic rings. The Bertz CT molecular complexity index is 571. The number of rotatable bonds is 4. The van der Waals surface area contributed by atoms with Crippen LogP contribution < -0.4 is 0 Å². The van der Waals surface area contributed by atoms with E-state index in [1.165, 1.54) is 11.2 Å². The minimum atomic E-state index is -1.07. The molecular formula is C15H21N3O4. The normalized spacial score (nSPS) is 35.5. The monoisotopic (exact) mass is 307 g/mol. The van der Waals surface area contributed by atoms with Crippen molar-refractivity contribution in [1.29, 1.82) is 5.41 Å². The van der Waals surface area contributed by atoms with Gasteiger partial charge in [-0.25, -0.2) is 4.79 Å². The summed E-state index contributed by atoms with van der Waals surface area (Å²) in [4.78, 5) is 27.1. The van der Waals surface area contributed by atoms with Crippen molar-refractivity contribution in [2.75, 3.05) is 6.54 Å². The van der Waals surface area contributed by atoms with E-state index in [1.54, 1.807) is 6.92 Å². The van der Waals surface area contributed by atoms with Gasteiger partial charge in [0.2, 0.25) is 5.91 Å². The second-order valence-electron chi connectivity index (χ2n) is 6.43. The van der Waals surface area contributed by atoms with Crippen LogP contribution in [0.2, 0.25) is 0 Å². The topological polar surface area (TPSA) is 105 Å². The molecule has 2 fully saturated rings. The molecule has 3 N–H and O–H groups in total. The van der Waals surface area contributed by atoms with E-state index in [0.29, 0.717) is 6.42 Å². The quantitative estimate of drug-likeness (QED) is 0.392. The number of carbonyl (C=O) groups excluding carboxylic acids is 1. The van der Waals surface area contributed by atoms with Crippen molar-refractivity contribution in [3.05, 3.63) is 11.3 Å². The van der Waals surface area contributed by atoms with Gasteiger partial charge in [0.1, 0.15) is 5.70 Å². The summed E-state index contributed by atoms with van der Waals surface area (Å²) in [7, 11) is 0. The first-order valence-electron chi connectivity index (χ1n) is 7.62. The fourth-order valence-corrected chi connectivity index (χ4v) is 4.24. The van der Waals surface area contributed by atoms with Gasteiger partial charge in [-0.1, -0.05) is 0 Å². The zero-order valence-corrected chi connectivity index (χ0v) is 12.7. The molecule has 7 heteroatoms. The molecule has 0 spiro atoms. The summed E-state index contributed by atoms with van der Waals surface area (Å²) in [5.41, 5.74) is 0.904. The van der Waals surface area contributed by atoms with E-state index in [0.717, 1.165) is 18.5 Å². The Labute approximate surface area is 128 Å². The molecule has 1 amide bonds. The molecule has 0 aliphatic carbocycles. The minimum Gasteiger partial charge on any atom is -0.477 e. The van der Waals surface area contributed by atoms with Gasteiger partial charge in [0.15, 0.2) is 0 Å². The number of nitrogens with zero attached hydrogens (tertiary/aromatic N) is 2. The Morgan fingerprint density at radius 1 is 1.50 bits per heavy atom. The lowest BCUT2D eigenvalue weighted by Gasteiger charge is -2.44. The van der Waals surface area contributed by atoms with Crippen molar-refractivity contribution in [1.82, 2.24) is 9.80 Å². The van der Waals surface area contributed by atoms with E-state index in [1.807, 2.05) is 11.8 Å². The molecule has 2 unspecified atom stereocenters. The molecule has 0 bridgehead atoms. The van der Waals surface area contributed by atoms with Crippen LogP contribution in [0.3, 0.4) is 0 Å². The Morgan fingerprint density at radius 3 is 2.68 bits per heavy atom. The van der Waals surface area contributed by atoms with E-state index in [9.17, 15) is 19.8 Å². The van der Waals surface area contributed by atoms with E-state index >= 15 is 0 Å². The first kappa shape index (κ1) is 15.0. The largest absolute Gasteiger partial charge is 0.477 e. The first-order valence-corrected chi connectivity index (χ1v) is 7.62. The highest BCUT2D eigenvalue weighted by molar-refractivity contribution is 5.99. The minimum absolute atomic E-state index is 0.0424. The van der Waals surface area contributed by atoms with Crippen LogP contribution in [-0.2, 0) is 9.59 Å². The highest BCUT2D eigenvalue weighted by Crippen LogP contribution is 2.48. The number of carbonyl (C=O) groups is 2. The maximum absolute atomic E-state index is 12.2. The molecule has 3 aliphatic heterocycles. The van der Waals surface area contributed by atoms with Crippen molar-refractivity contribution in [3.8, 4) is 0 Å². The lowest BCUT2D eigenvalue weighted by molar-refractivity contribution is -0.161. The van der Waals surface area contributed by atoms with Crippen LogP contribution in [0.1, 0.15) is 26.7 Å². The number of carboxylic acids is 1. The molecule has 120 valence electrons. The summed E-state index contributed by atoms with van der Waals surface area (Å²) in [6.45, 7) is 4.29. The molecule has 0 aromatic carbocycles. The van der Waals surface area contributed by atoms with Gasteiger partial charge in [0.25, 0.3) is 0 Å². The standard InChI is InChI=1S/C15H21N3O4/c1-7-9(3-4-17(7)6-16)10-5-11-12(8(2)19)14(20)18(11)13(10)15(21)22/h6-9,11-12,16,19H,3-5H2,1-2H3,(H,21,22)/t7?,8-,9?,11-,12-/m1/s1. The number of hydrogen-bond donors (Lipinski definition) is 3. The summed E-state index contributed by atoms with van der Waals surface area (Å²) in [6, 6.07) is -0.171. The summed E-state index contributed by atoms with van der Waals surface area (Å²) in [5.74, 6) is -1.82. The summed E-state index contributed by atoms with van der Waals surface area (Å²) < 4.78 is 0. The molecule has 2 saturated heterocycles. The number of aliphatic carboxylic acids is 1. The molecule has 0 radical (unpaired) electrons.